The van der Waals surface area contributed by atoms with Gasteiger partial charge in [-0.2, -0.15) is 0 Å². The monoisotopic (exact) mass is 363 g/mol. The number of hydrogen-bond acceptors (Lipinski definition) is 1. The van der Waals surface area contributed by atoms with Gasteiger partial charge in [0.25, 0.3) is 0 Å². The third-order valence-corrected chi connectivity index (χ3v) is 5.54. The van der Waals surface area contributed by atoms with Crippen LogP contribution in [0.15, 0.2) is 42.5 Å². The lowest BCUT2D eigenvalue weighted by molar-refractivity contribution is -0.117. The van der Waals surface area contributed by atoms with Gasteiger partial charge in [0.2, 0.25) is 5.91 Å². The maximum absolute atomic E-state index is 12.7. The molecule has 0 spiro atoms. The first kappa shape index (κ1) is 17.6. The van der Waals surface area contributed by atoms with Crippen molar-refractivity contribution >= 4 is 34.8 Å². The van der Waals surface area contributed by atoms with Gasteiger partial charge in [-0.25, -0.2) is 0 Å². The molecule has 4 heteroatoms. The third kappa shape index (κ3) is 4.43. The topological polar surface area (TPSA) is 29.1 Å². The number of allylic oxidation sites excluding steroid dienone is 4. The fourth-order valence-corrected chi connectivity index (χ4v) is 4.12. The first-order chi connectivity index (χ1) is 11.7. The smallest absolute Gasteiger partial charge is 0.228 e. The molecule has 1 N–H and O–H groups in total. The number of anilines is 1. The zero-order valence-electron chi connectivity index (χ0n) is 13.7. The van der Waals surface area contributed by atoms with Gasteiger partial charge in [0.1, 0.15) is 0 Å². The van der Waals surface area contributed by atoms with Crippen molar-refractivity contribution in [1.29, 1.82) is 0 Å². The lowest BCUT2D eigenvalue weighted by atomic mass is 10.1. The predicted molar refractivity (Wildman–Crippen MR) is 102 cm³/mol. The van der Waals surface area contributed by atoms with Crippen molar-refractivity contribution in [2.45, 2.75) is 38.5 Å². The number of halogens is 2. The highest BCUT2D eigenvalue weighted by atomic mass is 35.5. The van der Waals surface area contributed by atoms with E-state index in [1.807, 2.05) is 0 Å². The van der Waals surface area contributed by atoms with Gasteiger partial charge in [-0.1, -0.05) is 47.5 Å². The highest BCUT2D eigenvalue weighted by Crippen LogP contribution is 2.52. The number of carbonyl (C=O) groups excluding carboxylic acids is 1. The second-order valence-electron chi connectivity index (χ2n) is 6.64. The van der Waals surface area contributed by atoms with E-state index in [9.17, 15) is 4.79 Å². The van der Waals surface area contributed by atoms with Crippen molar-refractivity contribution in [2.75, 3.05) is 5.32 Å². The highest BCUT2D eigenvalue weighted by Gasteiger charge is 2.52. The Hall–Kier alpha value is -1.25. The number of nitrogens with one attached hydrogen (secondary N) is 1. The molecule has 1 aromatic carbocycles. The summed E-state index contributed by atoms with van der Waals surface area (Å²) < 4.78 is 0. The molecule has 2 nitrogen and oxygen atoms in total. The molecule has 0 heterocycles. The molecule has 1 fully saturated rings. The van der Waals surface area contributed by atoms with E-state index >= 15 is 0 Å². The molecule has 3 rings (SSSR count). The van der Waals surface area contributed by atoms with Crippen LogP contribution in [-0.2, 0) is 4.79 Å². The van der Waals surface area contributed by atoms with Gasteiger partial charge >= 0.3 is 0 Å². The van der Waals surface area contributed by atoms with Crippen molar-refractivity contribution < 1.29 is 4.79 Å². The summed E-state index contributed by atoms with van der Waals surface area (Å²) in [6.07, 6.45) is 15.6. The minimum atomic E-state index is 0.0945. The van der Waals surface area contributed by atoms with Crippen LogP contribution in [0.4, 0.5) is 5.69 Å². The fraction of sp³-hybridized carbons (Fsp3) is 0.450. The molecule has 24 heavy (non-hydrogen) atoms. The molecule has 2 aliphatic rings. The first-order valence-corrected chi connectivity index (χ1v) is 9.48. The van der Waals surface area contributed by atoms with Crippen LogP contribution in [0.1, 0.15) is 38.5 Å². The van der Waals surface area contributed by atoms with Crippen molar-refractivity contribution in [3.8, 4) is 0 Å². The number of rotatable bonds is 2. The van der Waals surface area contributed by atoms with Crippen LogP contribution in [-0.4, -0.2) is 5.91 Å². The van der Waals surface area contributed by atoms with Gasteiger partial charge in [0.05, 0.1) is 10.7 Å². The Morgan fingerprint density at radius 1 is 0.917 bits per heavy atom. The normalized spacial score (nSPS) is 29.5. The molecule has 0 radical (unpaired) electrons. The Balaban J connectivity index is 1.64. The van der Waals surface area contributed by atoms with Crippen LogP contribution in [0.25, 0.3) is 0 Å². The molecule has 0 aromatic heterocycles. The lowest BCUT2D eigenvalue weighted by Crippen LogP contribution is -2.16. The van der Waals surface area contributed by atoms with E-state index in [1.54, 1.807) is 18.2 Å². The summed E-state index contributed by atoms with van der Waals surface area (Å²) in [7, 11) is 0. The zero-order valence-corrected chi connectivity index (χ0v) is 15.2. The van der Waals surface area contributed by atoms with E-state index < -0.39 is 0 Å². The second-order valence-corrected chi connectivity index (χ2v) is 7.49. The molecule has 128 valence electrons. The van der Waals surface area contributed by atoms with E-state index in [-0.39, 0.29) is 11.8 Å². The number of amides is 1. The molecular formula is C20H23Cl2NO. The average molecular weight is 364 g/mol. The molecule has 1 unspecified atom stereocenters. The zero-order chi connectivity index (χ0) is 16.9. The number of carbonyl (C=O) groups is 1. The van der Waals surface area contributed by atoms with Crippen molar-refractivity contribution in [1.82, 2.24) is 0 Å². The fourth-order valence-electron chi connectivity index (χ4n) is 3.67. The summed E-state index contributed by atoms with van der Waals surface area (Å²) in [5.74, 6) is 1.19. The SMILES string of the molecule is O=C(Nc1ccc(Cl)cc1Cl)C1[C@H]2CC/C=C\CC/C=C\CC[C@@H]12. The Morgan fingerprint density at radius 2 is 1.50 bits per heavy atom. The molecule has 3 atom stereocenters. The molecular weight excluding hydrogens is 341 g/mol. The van der Waals surface area contributed by atoms with Crippen molar-refractivity contribution in [2.24, 2.45) is 17.8 Å². The summed E-state index contributed by atoms with van der Waals surface area (Å²) >= 11 is 12.1. The molecule has 1 saturated carbocycles. The minimum Gasteiger partial charge on any atom is -0.325 e. The highest BCUT2D eigenvalue weighted by molar-refractivity contribution is 6.36. The maximum atomic E-state index is 12.7. The molecule has 2 aliphatic carbocycles. The lowest BCUT2D eigenvalue weighted by Gasteiger charge is -2.07. The van der Waals surface area contributed by atoms with Crippen molar-refractivity contribution in [3.63, 3.8) is 0 Å². The summed E-state index contributed by atoms with van der Waals surface area (Å²) in [5, 5.41) is 4.05. The van der Waals surface area contributed by atoms with E-state index in [0.29, 0.717) is 27.6 Å². The Kier molecular flexibility index (Phi) is 6.02. The summed E-state index contributed by atoms with van der Waals surface area (Å²) in [4.78, 5) is 12.7. The number of fused-ring (bicyclic) bond motifs is 1. The van der Waals surface area contributed by atoms with Gasteiger partial charge < -0.3 is 5.32 Å². The molecule has 1 aromatic rings. The van der Waals surface area contributed by atoms with Gasteiger partial charge in [-0.15, -0.1) is 0 Å². The summed E-state index contributed by atoms with van der Waals surface area (Å²) in [6.45, 7) is 0. The van der Waals surface area contributed by atoms with E-state index in [0.717, 1.165) is 38.5 Å². The van der Waals surface area contributed by atoms with E-state index in [1.165, 1.54) is 0 Å². The second kappa shape index (κ2) is 8.22. The molecule has 0 saturated heterocycles. The average Bonchev–Trinajstić information content (AvgIpc) is 3.22. The van der Waals surface area contributed by atoms with Gasteiger partial charge in [0, 0.05) is 10.9 Å². The van der Waals surface area contributed by atoms with Gasteiger partial charge in [0.15, 0.2) is 0 Å². The predicted octanol–water partition coefficient (Wildman–Crippen LogP) is 6.26. The number of hydrogen-bond donors (Lipinski definition) is 1. The minimum absolute atomic E-state index is 0.0945. The quantitative estimate of drug-likeness (QED) is 0.617. The van der Waals surface area contributed by atoms with Gasteiger partial charge in [-0.05, 0) is 68.6 Å². The Labute approximate surface area is 153 Å². The van der Waals surface area contributed by atoms with Crippen LogP contribution in [0.2, 0.25) is 10.0 Å². The molecule has 0 bridgehead atoms. The van der Waals surface area contributed by atoms with E-state index in [2.05, 4.69) is 29.6 Å². The first-order valence-electron chi connectivity index (χ1n) is 8.72. The standard InChI is InChI=1S/C20H23Cl2NO/c21-14-11-12-18(17(22)13-14)23-20(24)19-15-9-7-5-3-1-2-4-6-8-10-16(15)19/h3-6,11-13,15-16,19H,1-2,7-10H2,(H,23,24)/b5-3-,6-4-/t15-,16+,19?. The van der Waals surface area contributed by atoms with Gasteiger partial charge in [-0.3, -0.25) is 4.79 Å². The summed E-state index contributed by atoms with van der Waals surface area (Å²) in [5.41, 5.74) is 0.646. The third-order valence-electron chi connectivity index (χ3n) is 4.99. The van der Waals surface area contributed by atoms with Crippen LogP contribution in [0.3, 0.4) is 0 Å². The van der Waals surface area contributed by atoms with Crippen LogP contribution < -0.4 is 5.32 Å². The van der Waals surface area contributed by atoms with Crippen LogP contribution >= 0.6 is 23.2 Å². The molecule has 0 aliphatic heterocycles. The number of benzene rings is 1. The van der Waals surface area contributed by atoms with Crippen LogP contribution in [0.5, 0.6) is 0 Å². The largest absolute Gasteiger partial charge is 0.325 e. The summed E-state index contributed by atoms with van der Waals surface area (Å²) in [6, 6.07) is 5.17. The van der Waals surface area contributed by atoms with Crippen LogP contribution in [0, 0.1) is 17.8 Å². The Bertz CT molecular complexity index is 629. The van der Waals surface area contributed by atoms with E-state index in [4.69, 9.17) is 23.2 Å². The molecule has 1 amide bonds. The van der Waals surface area contributed by atoms with Crippen molar-refractivity contribution in [3.05, 3.63) is 52.5 Å². The Morgan fingerprint density at radius 3 is 2.08 bits per heavy atom. The maximum Gasteiger partial charge on any atom is 0.228 e.